The SMILES string of the molecule is CN1C(=O)[C@@H](N)CNc2ccccc21. The van der Waals surface area contributed by atoms with Crippen molar-refractivity contribution in [2.75, 3.05) is 23.8 Å². The van der Waals surface area contributed by atoms with E-state index in [9.17, 15) is 4.79 Å². The zero-order chi connectivity index (χ0) is 10.1. The maximum absolute atomic E-state index is 11.7. The van der Waals surface area contributed by atoms with Crippen LogP contribution in [-0.4, -0.2) is 25.5 Å². The molecule has 0 aliphatic carbocycles. The van der Waals surface area contributed by atoms with Gasteiger partial charge in [0.1, 0.15) is 6.04 Å². The molecule has 0 radical (unpaired) electrons. The van der Waals surface area contributed by atoms with E-state index < -0.39 is 6.04 Å². The second-order valence-corrected chi connectivity index (χ2v) is 3.40. The smallest absolute Gasteiger partial charge is 0.245 e. The Morgan fingerprint density at radius 1 is 1.50 bits per heavy atom. The first-order valence-electron chi connectivity index (χ1n) is 4.56. The molecule has 0 saturated carbocycles. The van der Waals surface area contributed by atoms with Gasteiger partial charge in [-0.1, -0.05) is 12.1 Å². The van der Waals surface area contributed by atoms with Gasteiger partial charge in [0.05, 0.1) is 11.4 Å². The van der Waals surface area contributed by atoms with E-state index >= 15 is 0 Å². The predicted molar refractivity (Wildman–Crippen MR) is 56.3 cm³/mol. The number of amides is 1. The van der Waals surface area contributed by atoms with E-state index in [1.807, 2.05) is 24.3 Å². The molecule has 4 heteroatoms. The topological polar surface area (TPSA) is 58.4 Å². The fourth-order valence-electron chi connectivity index (χ4n) is 1.59. The molecule has 0 fully saturated rings. The number of anilines is 2. The van der Waals surface area contributed by atoms with Crippen molar-refractivity contribution in [3.63, 3.8) is 0 Å². The number of hydrogen-bond donors (Lipinski definition) is 2. The molecular formula is C10H13N3O. The average Bonchev–Trinajstić information content (AvgIpc) is 2.32. The zero-order valence-corrected chi connectivity index (χ0v) is 8.03. The molecule has 74 valence electrons. The number of nitrogens with zero attached hydrogens (tertiary/aromatic N) is 1. The highest BCUT2D eigenvalue weighted by Gasteiger charge is 2.24. The Balaban J connectivity index is 2.45. The molecule has 4 nitrogen and oxygen atoms in total. The van der Waals surface area contributed by atoms with Crippen molar-refractivity contribution in [1.82, 2.24) is 0 Å². The number of fused-ring (bicyclic) bond motifs is 1. The Morgan fingerprint density at radius 3 is 3.00 bits per heavy atom. The van der Waals surface area contributed by atoms with Crippen LogP contribution in [0.2, 0.25) is 0 Å². The Hall–Kier alpha value is -1.55. The summed E-state index contributed by atoms with van der Waals surface area (Å²) in [7, 11) is 1.74. The van der Waals surface area contributed by atoms with E-state index in [2.05, 4.69) is 5.32 Å². The molecule has 1 aliphatic rings. The molecular weight excluding hydrogens is 178 g/mol. The molecule has 0 spiro atoms. The lowest BCUT2D eigenvalue weighted by molar-refractivity contribution is -0.119. The van der Waals surface area contributed by atoms with Gasteiger partial charge in [0.15, 0.2) is 0 Å². The van der Waals surface area contributed by atoms with Gasteiger partial charge < -0.3 is 16.0 Å². The summed E-state index contributed by atoms with van der Waals surface area (Å²) >= 11 is 0. The van der Waals surface area contributed by atoms with Gasteiger partial charge in [-0.05, 0) is 12.1 Å². The molecule has 0 saturated heterocycles. The van der Waals surface area contributed by atoms with Gasteiger partial charge in [0, 0.05) is 13.6 Å². The summed E-state index contributed by atoms with van der Waals surface area (Å²) in [5.41, 5.74) is 7.53. The quantitative estimate of drug-likeness (QED) is 0.624. The van der Waals surface area contributed by atoms with Crippen molar-refractivity contribution in [2.45, 2.75) is 6.04 Å². The highest BCUT2D eigenvalue weighted by Crippen LogP contribution is 2.26. The second-order valence-electron chi connectivity index (χ2n) is 3.40. The molecule has 1 amide bonds. The number of rotatable bonds is 0. The van der Waals surface area contributed by atoms with E-state index in [0.717, 1.165) is 11.4 Å². The van der Waals surface area contributed by atoms with Crippen LogP contribution in [0.1, 0.15) is 0 Å². The van der Waals surface area contributed by atoms with Crippen LogP contribution < -0.4 is 16.0 Å². The van der Waals surface area contributed by atoms with Gasteiger partial charge in [-0.2, -0.15) is 0 Å². The number of benzene rings is 1. The van der Waals surface area contributed by atoms with Crippen LogP contribution in [0, 0.1) is 0 Å². The van der Waals surface area contributed by atoms with Crippen LogP contribution in [-0.2, 0) is 4.79 Å². The molecule has 0 aromatic heterocycles. The van der Waals surface area contributed by atoms with Crippen LogP contribution in [0.4, 0.5) is 11.4 Å². The van der Waals surface area contributed by atoms with Crippen molar-refractivity contribution in [3.05, 3.63) is 24.3 Å². The van der Waals surface area contributed by atoms with Gasteiger partial charge in [-0.15, -0.1) is 0 Å². The first kappa shape index (κ1) is 9.02. The summed E-state index contributed by atoms with van der Waals surface area (Å²) in [5, 5.41) is 3.15. The maximum atomic E-state index is 11.7. The number of carbonyl (C=O) groups is 1. The summed E-state index contributed by atoms with van der Waals surface area (Å²) in [5.74, 6) is -0.0533. The van der Waals surface area contributed by atoms with Gasteiger partial charge >= 0.3 is 0 Å². The largest absolute Gasteiger partial charge is 0.381 e. The van der Waals surface area contributed by atoms with Crippen LogP contribution in [0.15, 0.2) is 24.3 Å². The molecule has 1 aliphatic heterocycles. The Morgan fingerprint density at radius 2 is 2.21 bits per heavy atom. The minimum Gasteiger partial charge on any atom is -0.381 e. The molecule has 1 aromatic rings. The fraction of sp³-hybridized carbons (Fsp3) is 0.300. The summed E-state index contributed by atoms with van der Waals surface area (Å²) in [6.07, 6.45) is 0. The Kier molecular flexibility index (Phi) is 2.13. The third-order valence-corrected chi connectivity index (χ3v) is 2.43. The van der Waals surface area contributed by atoms with E-state index in [4.69, 9.17) is 5.73 Å². The van der Waals surface area contributed by atoms with E-state index in [-0.39, 0.29) is 5.91 Å². The molecule has 2 rings (SSSR count). The number of para-hydroxylation sites is 2. The molecule has 1 atom stereocenters. The summed E-state index contributed by atoms with van der Waals surface area (Å²) < 4.78 is 0. The van der Waals surface area contributed by atoms with Crippen molar-refractivity contribution in [1.29, 1.82) is 0 Å². The average molecular weight is 191 g/mol. The number of hydrogen-bond acceptors (Lipinski definition) is 3. The number of nitrogens with two attached hydrogens (primary N) is 1. The molecule has 14 heavy (non-hydrogen) atoms. The number of carbonyl (C=O) groups excluding carboxylic acids is 1. The lowest BCUT2D eigenvalue weighted by Gasteiger charge is -2.18. The van der Waals surface area contributed by atoms with Gasteiger partial charge in [-0.3, -0.25) is 4.79 Å². The standard InChI is InChI=1S/C10H13N3O/c1-13-9-5-3-2-4-8(9)12-6-7(11)10(13)14/h2-5,7,12H,6,11H2,1H3/t7-/m0/s1. The van der Waals surface area contributed by atoms with Crippen molar-refractivity contribution in [2.24, 2.45) is 5.73 Å². The van der Waals surface area contributed by atoms with Crippen LogP contribution in [0.25, 0.3) is 0 Å². The zero-order valence-electron chi connectivity index (χ0n) is 8.03. The minimum atomic E-state index is -0.465. The van der Waals surface area contributed by atoms with Gasteiger partial charge in [0.2, 0.25) is 5.91 Å². The molecule has 1 heterocycles. The molecule has 3 N–H and O–H groups in total. The van der Waals surface area contributed by atoms with E-state index in [0.29, 0.717) is 6.54 Å². The van der Waals surface area contributed by atoms with Crippen molar-refractivity contribution >= 4 is 17.3 Å². The summed E-state index contributed by atoms with van der Waals surface area (Å²) in [6, 6.07) is 7.21. The van der Waals surface area contributed by atoms with Crippen molar-refractivity contribution in [3.8, 4) is 0 Å². The van der Waals surface area contributed by atoms with Crippen molar-refractivity contribution < 1.29 is 4.79 Å². The summed E-state index contributed by atoms with van der Waals surface area (Å²) in [4.78, 5) is 13.3. The highest BCUT2D eigenvalue weighted by molar-refractivity contribution is 6.01. The number of likely N-dealkylation sites (N-methyl/N-ethyl adjacent to an activating group) is 1. The van der Waals surface area contributed by atoms with E-state index in [1.165, 1.54) is 0 Å². The molecule has 0 unspecified atom stereocenters. The van der Waals surface area contributed by atoms with Gasteiger partial charge in [0.25, 0.3) is 0 Å². The third-order valence-electron chi connectivity index (χ3n) is 2.43. The minimum absolute atomic E-state index is 0.0533. The lowest BCUT2D eigenvalue weighted by Crippen LogP contribution is -2.43. The normalized spacial score (nSPS) is 21.1. The van der Waals surface area contributed by atoms with Crippen LogP contribution in [0.3, 0.4) is 0 Å². The molecule has 0 bridgehead atoms. The van der Waals surface area contributed by atoms with Gasteiger partial charge in [-0.25, -0.2) is 0 Å². The maximum Gasteiger partial charge on any atom is 0.245 e. The highest BCUT2D eigenvalue weighted by atomic mass is 16.2. The first-order chi connectivity index (χ1) is 6.70. The Bertz CT molecular complexity index is 364. The lowest BCUT2D eigenvalue weighted by atomic mass is 10.2. The molecule has 1 aromatic carbocycles. The Labute approximate surface area is 82.7 Å². The fourth-order valence-corrected chi connectivity index (χ4v) is 1.59. The van der Waals surface area contributed by atoms with Crippen LogP contribution in [0.5, 0.6) is 0 Å². The third kappa shape index (κ3) is 1.33. The summed E-state index contributed by atoms with van der Waals surface area (Å²) in [6.45, 7) is 0.486. The number of nitrogens with one attached hydrogen (secondary N) is 1. The van der Waals surface area contributed by atoms with E-state index in [1.54, 1.807) is 11.9 Å². The predicted octanol–water partition coefficient (Wildman–Crippen LogP) is 0.402. The monoisotopic (exact) mass is 191 g/mol. The second kappa shape index (κ2) is 3.31. The first-order valence-corrected chi connectivity index (χ1v) is 4.56. The van der Waals surface area contributed by atoms with Crippen LogP contribution >= 0.6 is 0 Å².